The largest absolute Gasteiger partial charge is 0.373 e. The van der Waals surface area contributed by atoms with Crippen molar-refractivity contribution in [3.8, 4) is 0 Å². The first-order valence-electron chi connectivity index (χ1n) is 6.24. The third-order valence-electron chi connectivity index (χ3n) is 3.67. The molecule has 1 aromatic rings. The van der Waals surface area contributed by atoms with Crippen LogP contribution in [-0.2, 0) is 11.2 Å². The molecule has 3 nitrogen and oxygen atoms in total. The second-order valence-electron chi connectivity index (χ2n) is 4.76. The molecule has 0 saturated heterocycles. The molecule has 0 aliphatic carbocycles. The summed E-state index contributed by atoms with van der Waals surface area (Å²) in [6, 6.07) is 8.34. The van der Waals surface area contributed by atoms with Gasteiger partial charge >= 0.3 is 0 Å². The van der Waals surface area contributed by atoms with E-state index in [4.69, 9.17) is 0 Å². The molecule has 1 aromatic carbocycles. The quantitative estimate of drug-likeness (QED) is 0.867. The molecule has 92 valence electrons. The zero-order valence-corrected chi connectivity index (χ0v) is 10.7. The third-order valence-corrected chi connectivity index (χ3v) is 3.67. The van der Waals surface area contributed by atoms with Crippen molar-refractivity contribution in [3.63, 3.8) is 0 Å². The first-order valence-corrected chi connectivity index (χ1v) is 6.24. The standard InChI is InChI=1S/C14H20N2O/c1-4-10(2)16(3)14(17)13-9-11-7-5-6-8-12(11)15-13/h5-8,10,13,15H,4,9H2,1-3H3. The van der Waals surface area contributed by atoms with Crippen molar-refractivity contribution in [2.75, 3.05) is 12.4 Å². The second kappa shape index (κ2) is 4.78. The zero-order chi connectivity index (χ0) is 12.4. The van der Waals surface area contributed by atoms with Crippen molar-refractivity contribution < 1.29 is 4.79 Å². The Labute approximate surface area is 103 Å². The van der Waals surface area contributed by atoms with E-state index in [2.05, 4.69) is 25.2 Å². The maximum absolute atomic E-state index is 12.3. The van der Waals surface area contributed by atoms with E-state index < -0.39 is 0 Å². The smallest absolute Gasteiger partial charge is 0.245 e. The molecule has 2 unspecified atom stereocenters. The van der Waals surface area contributed by atoms with Crippen LogP contribution in [0, 0.1) is 0 Å². The molecule has 1 aliphatic rings. The lowest BCUT2D eigenvalue weighted by molar-refractivity contribution is -0.132. The van der Waals surface area contributed by atoms with E-state index in [1.807, 2.05) is 30.1 Å². The Balaban J connectivity index is 2.05. The van der Waals surface area contributed by atoms with Crippen LogP contribution in [0.3, 0.4) is 0 Å². The Morgan fingerprint density at radius 3 is 2.88 bits per heavy atom. The van der Waals surface area contributed by atoms with Crippen molar-refractivity contribution in [2.24, 2.45) is 0 Å². The molecule has 2 atom stereocenters. The molecule has 0 fully saturated rings. The topological polar surface area (TPSA) is 32.3 Å². The molecule has 0 spiro atoms. The highest BCUT2D eigenvalue weighted by molar-refractivity contribution is 5.87. The summed E-state index contributed by atoms with van der Waals surface area (Å²) in [5, 5.41) is 3.30. The van der Waals surface area contributed by atoms with Crippen LogP contribution in [0.2, 0.25) is 0 Å². The Kier molecular flexibility index (Phi) is 3.36. The van der Waals surface area contributed by atoms with Crippen LogP contribution in [0.15, 0.2) is 24.3 Å². The SMILES string of the molecule is CCC(C)N(C)C(=O)C1Cc2ccccc2N1. The lowest BCUT2D eigenvalue weighted by atomic mass is 10.1. The summed E-state index contributed by atoms with van der Waals surface area (Å²) in [4.78, 5) is 14.1. The Morgan fingerprint density at radius 2 is 2.24 bits per heavy atom. The van der Waals surface area contributed by atoms with Gasteiger partial charge in [-0.15, -0.1) is 0 Å². The number of amides is 1. The molecule has 1 heterocycles. The number of likely N-dealkylation sites (N-methyl/N-ethyl adjacent to an activating group) is 1. The lowest BCUT2D eigenvalue weighted by Gasteiger charge is -2.26. The average molecular weight is 232 g/mol. The van der Waals surface area contributed by atoms with Crippen LogP contribution >= 0.6 is 0 Å². The summed E-state index contributed by atoms with van der Waals surface area (Å²) in [5.74, 6) is 0.190. The maximum Gasteiger partial charge on any atom is 0.245 e. The third kappa shape index (κ3) is 2.28. The van der Waals surface area contributed by atoms with E-state index in [0.29, 0.717) is 6.04 Å². The average Bonchev–Trinajstić information content (AvgIpc) is 2.79. The molecule has 3 heteroatoms. The van der Waals surface area contributed by atoms with Crippen LogP contribution in [0.4, 0.5) is 5.69 Å². The molecule has 1 N–H and O–H groups in total. The summed E-state index contributed by atoms with van der Waals surface area (Å²) in [6.45, 7) is 4.19. The van der Waals surface area contributed by atoms with Gasteiger partial charge < -0.3 is 10.2 Å². The minimum atomic E-state index is -0.0913. The number of benzene rings is 1. The molecule has 0 bridgehead atoms. The minimum Gasteiger partial charge on any atom is -0.373 e. The number of anilines is 1. The van der Waals surface area contributed by atoms with Gasteiger partial charge in [0.1, 0.15) is 6.04 Å². The second-order valence-corrected chi connectivity index (χ2v) is 4.76. The number of carbonyl (C=O) groups excluding carboxylic acids is 1. The first kappa shape index (κ1) is 12.0. The molecule has 2 rings (SSSR count). The fraction of sp³-hybridized carbons (Fsp3) is 0.500. The Hall–Kier alpha value is -1.51. The summed E-state index contributed by atoms with van der Waals surface area (Å²) in [5.41, 5.74) is 2.34. The summed E-state index contributed by atoms with van der Waals surface area (Å²) in [6.07, 6.45) is 1.79. The molecule has 17 heavy (non-hydrogen) atoms. The molecule has 0 aromatic heterocycles. The number of nitrogens with one attached hydrogen (secondary N) is 1. The number of hydrogen-bond donors (Lipinski definition) is 1. The van der Waals surface area contributed by atoms with Crippen molar-refractivity contribution in [1.82, 2.24) is 4.90 Å². The van der Waals surface area contributed by atoms with Crippen LogP contribution < -0.4 is 5.32 Å². The van der Waals surface area contributed by atoms with Gasteiger partial charge in [-0.25, -0.2) is 0 Å². The van der Waals surface area contributed by atoms with Crippen LogP contribution in [-0.4, -0.2) is 29.9 Å². The number of para-hydroxylation sites is 1. The number of fused-ring (bicyclic) bond motifs is 1. The van der Waals surface area contributed by atoms with E-state index >= 15 is 0 Å². The molecule has 1 amide bonds. The molecule has 0 radical (unpaired) electrons. The van der Waals surface area contributed by atoms with Gasteiger partial charge in [0.2, 0.25) is 5.91 Å². The van der Waals surface area contributed by atoms with Gasteiger partial charge in [-0.1, -0.05) is 25.1 Å². The van der Waals surface area contributed by atoms with E-state index in [9.17, 15) is 4.79 Å². The fourth-order valence-corrected chi connectivity index (χ4v) is 2.18. The van der Waals surface area contributed by atoms with Crippen LogP contribution in [0.25, 0.3) is 0 Å². The van der Waals surface area contributed by atoms with Gasteiger partial charge in [0, 0.05) is 25.2 Å². The van der Waals surface area contributed by atoms with Crippen LogP contribution in [0.1, 0.15) is 25.8 Å². The zero-order valence-electron chi connectivity index (χ0n) is 10.7. The highest BCUT2D eigenvalue weighted by Gasteiger charge is 2.29. The van der Waals surface area contributed by atoms with Gasteiger partial charge in [-0.2, -0.15) is 0 Å². The molecule has 1 aliphatic heterocycles. The molecular formula is C14H20N2O. The number of nitrogens with zero attached hydrogens (tertiary/aromatic N) is 1. The van der Waals surface area contributed by atoms with Gasteiger partial charge in [-0.05, 0) is 25.0 Å². The monoisotopic (exact) mass is 232 g/mol. The number of hydrogen-bond acceptors (Lipinski definition) is 2. The Bertz CT molecular complexity index is 391. The molecular weight excluding hydrogens is 212 g/mol. The Morgan fingerprint density at radius 1 is 1.53 bits per heavy atom. The van der Waals surface area contributed by atoms with E-state index in [1.165, 1.54) is 5.56 Å². The minimum absolute atomic E-state index is 0.0913. The van der Waals surface area contributed by atoms with Crippen molar-refractivity contribution in [1.29, 1.82) is 0 Å². The highest BCUT2D eigenvalue weighted by Crippen LogP contribution is 2.26. The summed E-state index contributed by atoms with van der Waals surface area (Å²) in [7, 11) is 1.89. The van der Waals surface area contributed by atoms with Crippen molar-refractivity contribution in [3.05, 3.63) is 29.8 Å². The highest BCUT2D eigenvalue weighted by atomic mass is 16.2. The van der Waals surface area contributed by atoms with Crippen molar-refractivity contribution in [2.45, 2.75) is 38.8 Å². The van der Waals surface area contributed by atoms with E-state index in [1.54, 1.807) is 0 Å². The van der Waals surface area contributed by atoms with E-state index in [0.717, 1.165) is 18.5 Å². The lowest BCUT2D eigenvalue weighted by Crippen LogP contribution is -2.43. The van der Waals surface area contributed by atoms with Gasteiger partial charge in [-0.3, -0.25) is 4.79 Å². The van der Waals surface area contributed by atoms with Gasteiger partial charge in [0.25, 0.3) is 0 Å². The molecule has 0 saturated carbocycles. The predicted molar refractivity (Wildman–Crippen MR) is 70.1 cm³/mol. The van der Waals surface area contributed by atoms with Gasteiger partial charge in [0.15, 0.2) is 0 Å². The van der Waals surface area contributed by atoms with Crippen LogP contribution in [0.5, 0.6) is 0 Å². The van der Waals surface area contributed by atoms with Crippen molar-refractivity contribution >= 4 is 11.6 Å². The maximum atomic E-state index is 12.3. The fourth-order valence-electron chi connectivity index (χ4n) is 2.18. The predicted octanol–water partition coefficient (Wildman–Crippen LogP) is 2.28. The van der Waals surface area contributed by atoms with Gasteiger partial charge in [0.05, 0.1) is 0 Å². The number of rotatable bonds is 3. The normalized spacial score (nSPS) is 19.4. The number of carbonyl (C=O) groups is 1. The first-order chi connectivity index (χ1) is 8.13. The summed E-state index contributed by atoms with van der Waals surface area (Å²) < 4.78 is 0. The summed E-state index contributed by atoms with van der Waals surface area (Å²) >= 11 is 0. The van der Waals surface area contributed by atoms with E-state index in [-0.39, 0.29) is 11.9 Å².